The Balaban J connectivity index is 2.90. The zero-order valence-electron chi connectivity index (χ0n) is 8.78. The summed E-state index contributed by atoms with van der Waals surface area (Å²) in [5, 5.41) is 8.41. The molecule has 0 heterocycles. The number of carbonyl (C=O) groups is 1. The molecule has 0 fully saturated rings. The third-order valence-corrected chi connectivity index (χ3v) is 1.77. The maximum Gasteiger partial charge on any atom is 0.416 e. The molecule has 3 nitrogen and oxygen atoms in total. The first-order chi connectivity index (χ1) is 7.79. The number of hydrogen-bond donors (Lipinski definition) is 1. The molecule has 0 amide bonds. The zero-order chi connectivity index (χ0) is 13.1. The normalized spacial score (nSPS) is 12.4. The predicted molar refractivity (Wildman–Crippen MR) is 53.5 cm³/mol. The molecule has 1 rings (SSSR count). The summed E-state index contributed by atoms with van der Waals surface area (Å²) in [5.41, 5.74) is -0.849. The van der Waals surface area contributed by atoms with Gasteiger partial charge >= 0.3 is 12.1 Å². The Labute approximate surface area is 95.1 Å². The monoisotopic (exact) mass is 246 g/mol. The van der Waals surface area contributed by atoms with Crippen LogP contribution >= 0.6 is 0 Å². The Bertz CT molecular complexity index is 450. The highest BCUT2D eigenvalue weighted by Crippen LogP contribution is 2.31. The van der Waals surface area contributed by atoms with E-state index in [9.17, 15) is 18.0 Å². The lowest BCUT2D eigenvalue weighted by atomic mass is 10.2. The molecule has 0 atom stereocenters. The summed E-state index contributed by atoms with van der Waals surface area (Å²) in [6, 6.07) is 4.21. The number of alkyl halides is 3. The first-order valence-corrected chi connectivity index (χ1v) is 4.55. The number of ether oxygens (including phenoxy) is 1. The van der Waals surface area contributed by atoms with E-state index in [1.807, 2.05) is 0 Å². The Hall–Kier alpha value is -1.98. The number of aliphatic carboxylic acids is 1. The average molecular weight is 246 g/mol. The highest BCUT2D eigenvalue weighted by atomic mass is 19.4. The fraction of sp³-hybridized carbons (Fsp3) is 0.182. The summed E-state index contributed by atoms with van der Waals surface area (Å²) in [7, 11) is 0. The van der Waals surface area contributed by atoms with Crippen molar-refractivity contribution in [2.45, 2.75) is 13.1 Å². The number of benzene rings is 1. The van der Waals surface area contributed by atoms with E-state index in [0.717, 1.165) is 18.2 Å². The summed E-state index contributed by atoms with van der Waals surface area (Å²) < 4.78 is 42.0. The molecule has 0 bridgehead atoms. The van der Waals surface area contributed by atoms with Crippen molar-refractivity contribution in [1.82, 2.24) is 0 Å². The van der Waals surface area contributed by atoms with Gasteiger partial charge in [0.2, 0.25) is 0 Å². The number of carboxylic acid groups (broad SMARTS) is 1. The van der Waals surface area contributed by atoms with Gasteiger partial charge in [0.1, 0.15) is 11.5 Å². The van der Waals surface area contributed by atoms with Crippen LogP contribution in [-0.4, -0.2) is 11.1 Å². The van der Waals surface area contributed by atoms with E-state index in [1.165, 1.54) is 19.1 Å². The van der Waals surface area contributed by atoms with Crippen molar-refractivity contribution in [3.8, 4) is 5.75 Å². The van der Waals surface area contributed by atoms with Crippen LogP contribution in [0.15, 0.2) is 36.1 Å². The van der Waals surface area contributed by atoms with Crippen LogP contribution in [0.2, 0.25) is 0 Å². The minimum Gasteiger partial charge on any atom is -0.478 e. The van der Waals surface area contributed by atoms with Gasteiger partial charge in [0.05, 0.1) is 11.6 Å². The van der Waals surface area contributed by atoms with Crippen molar-refractivity contribution in [3.05, 3.63) is 41.7 Å². The van der Waals surface area contributed by atoms with Gasteiger partial charge in [-0.25, -0.2) is 4.79 Å². The number of allylic oxidation sites excluding steroid dienone is 1. The zero-order valence-corrected chi connectivity index (χ0v) is 8.78. The van der Waals surface area contributed by atoms with Crippen molar-refractivity contribution >= 4 is 5.97 Å². The second-order valence-corrected chi connectivity index (χ2v) is 3.22. The molecule has 17 heavy (non-hydrogen) atoms. The van der Waals surface area contributed by atoms with Gasteiger partial charge in [-0.2, -0.15) is 13.2 Å². The molecule has 0 spiro atoms. The van der Waals surface area contributed by atoms with Gasteiger partial charge in [-0.05, 0) is 25.1 Å². The smallest absolute Gasteiger partial charge is 0.416 e. The van der Waals surface area contributed by atoms with Crippen molar-refractivity contribution in [3.63, 3.8) is 0 Å². The number of rotatable bonds is 3. The third-order valence-electron chi connectivity index (χ3n) is 1.77. The van der Waals surface area contributed by atoms with E-state index >= 15 is 0 Å². The molecular weight excluding hydrogens is 237 g/mol. The van der Waals surface area contributed by atoms with E-state index in [4.69, 9.17) is 9.84 Å². The van der Waals surface area contributed by atoms with Crippen molar-refractivity contribution in [1.29, 1.82) is 0 Å². The van der Waals surface area contributed by atoms with Crippen LogP contribution in [0.25, 0.3) is 0 Å². The molecule has 0 aromatic heterocycles. The lowest BCUT2D eigenvalue weighted by molar-refractivity contribution is -0.137. The standard InChI is InChI=1S/C11H9F3O3/c1-7(5-10(15)16)17-9-4-2-3-8(6-9)11(12,13)14/h2-6H,1H3,(H,15,16)/b7-5+. The lowest BCUT2D eigenvalue weighted by Crippen LogP contribution is -2.05. The van der Waals surface area contributed by atoms with Crippen molar-refractivity contribution in [2.75, 3.05) is 0 Å². The molecule has 0 aliphatic heterocycles. The van der Waals surface area contributed by atoms with E-state index in [-0.39, 0.29) is 11.5 Å². The first-order valence-electron chi connectivity index (χ1n) is 4.55. The third kappa shape index (κ3) is 4.18. The average Bonchev–Trinajstić information content (AvgIpc) is 2.15. The van der Waals surface area contributed by atoms with E-state index < -0.39 is 17.7 Å². The molecule has 0 unspecified atom stereocenters. The van der Waals surface area contributed by atoms with Crippen LogP contribution in [0, 0.1) is 0 Å². The molecule has 92 valence electrons. The molecular formula is C11H9F3O3. The second kappa shape index (κ2) is 4.90. The predicted octanol–water partition coefficient (Wildman–Crippen LogP) is 3.07. The van der Waals surface area contributed by atoms with Gasteiger partial charge in [-0.15, -0.1) is 0 Å². The van der Waals surface area contributed by atoms with Gasteiger partial charge in [0.25, 0.3) is 0 Å². The van der Waals surface area contributed by atoms with Crippen molar-refractivity contribution < 1.29 is 27.8 Å². The molecule has 1 aromatic carbocycles. The summed E-state index contributed by atoms with van der Waals surface area (Å²) in [5.74, 6) is -1.29. The van der Waals surface area contributed by atoms with Crippen LogP contribution in [0.3, 0.4) is 0 Å². The fourth-order valence-electron chi connectivity index (χ4n) is 1.13. The number of hydrogen-bond acceptors (Lipinski definition) is 2. The van der Waals surface area contributed by atoms with E-state index in [0.29, 0.717) is 0 Å². The maximum atomic E-state index is 12.4. The maximum absolute atomic E-state index is 12.4. The van der Waals surface area contributed by atoms with Crippen LogP contribution in [0.4, 0.5) is 13.2 Å². The van der Waals surface area contributed by atoms with Crippen molar-refractivity contribution in [2.24, 2.45) is 0 Å². The van der Waals surface area contributed by atoms with Gasteiger partial charge in [0.15, 0.2) is 0 Å². The molecule has 0 aliphatic rings. The molecule has 1 N–H and O–H groups in total. The highest BCUT2D eigenvalue weighted by molar-refractivity contribution is 5.80. The molecule has 0 saturated heterocycles. The summed E-state index contributed by atoms with van der Waals surface area (Å²) in [6.07, 6.45) is -3.69. The van der Waals surface area contributed by atoms with E-state index in [1.54, 1.807) is 0 Å². The van der Waals surface area contributed by atoms with Crippen LogP contribution in [0.5, 0.6) is 5.75 Å². The summed E-state index contributed by atoms with van der Waals surface area (Å²) in [6.45, 7) is 1.34. The molecule has 6 heteroatoms. The van der Waals surface area contributed by atoms with Crippen LogP contribution < -0.4 is 4.74 Å². The Kier molecular flexibility index (Phi) is 3.77. The Morgan fingerprint density at radius 1 is 1.41 bits per heavy atom. The van der Waals surface area contributed by atoms with Crippen LogP contribution in [-0.2, 0) is 11.0 Å². The topological polar surface area (TPSA) is 46.5 Å². The minimum atomic E-state index is -4.45. The number of halogens is 3. The quantitative estimate of drug-likeness (QED) is 0.658. The van der Waals surface area contributed by atoms with Gasteiger partial charge in [-0.3, -0.25) is 0 Å². The van der Waals surface area contributed by atoms with E-state index in [2.05, 4.69) is 0 Å². The first kappa shape index (κ1) is 13.1. The largest absolute Gasteiger partial charge is 0.478 e. The SMILES string of the molecule is C/C(=C\C(=O)O)Oc1cccc(C(F)(F)F)c1. The molecule has 1 aromatic rings. The Morgan fingerprint density at radius 3 is 2.59 bits per heavy atom. The minimum absolute atomic E-state index is 0.00294. The number of carboxylic acids is 1. The van der Waals surface area contributed by atoms with Crippen LogP contribution in [0.1, 0.15) is 12.5 Å². The molecule has 0 aliphatic carbocycles. The highest BCUT2D eigenvalue weighted by Gasteiger charge is 2.30. The fourth-order valence-corrected chi connectivity index (χ4v) is 1.13. The lowest BCUT2D eigenvalue weighted by Gasteiger charge is -2.09. The van der Waals surface area contributed by atoms with Gasteiger partial charge < -0.3 is 9.84 Å². The Morgan fingerprint density at radius 2 is 2.06 bits per heavy atom. The molecule has 0 radical (unpaired) electrons. The van der Waals surface area contributed by atoms with Gasteiger partial charge in [-0.1, -0.05) is 6.07 Å². The van der Waals surface area contributed by atoms with Gasteiger partial charge in [0, 0.05) is 0 Å². The molecule has 0 saturated carbocycles. The summed E-state index contributed by atoms with van der Waals surface area (Å²) >= 11 is 0. The second-order valence-electron chi connectivity index (χ2n) is 3.22. The summed E-state index contributed by atoms with van der Waals surface area (Å²) in [4.78, 5) is 10.3.